The molecule has 4 rings (SSSR count). The number of hydrogen-bond donors (Lipinski definition) is 1. The van der Waals surface area contributed by atoms with Gasteiger partial charge >= 0.3 is 5.97 Å². The van der Waals surface area contributed by atoms with Crippen LogP contribution in [0.5, 0.6) is 5.75 Å². The number of benzene rings is 2. The van der Waals surface area contributed by atoms with Crippen LogP contribution in [-0.2, 0) is 14.9 Å². The van der Waals surface area contributed by atoms with Gasteiger partial charge in [0, 0.05) is 40.0 Å². The van der Waals surface area contributed by atoms with Crippen molar-refractivity contribution in [3.63, 3.8) is 0 Å². The summed E-state index contributed by atoms with van der Waals surface area (Å²) in [6.45, 7) is 8.83. The first-order valence-corrected chi connectivity index (χ1v) is 13.0. The van der Waals surface area contributed by atoms with E-state index in [0.717, 1.165) is 34.0 Å². The minimum atomic E-state index is -0.459. The third kappa shape index (κ3) is 5.30. The lowest BCUT2D eigenvalue weighted by molar-refractivity contribution is -0.140. The highest BCUT2D eigenvalue weighted by Gasteiger charge is 2.37. The first-order chi connectivity index (χ1) is 16.7. The van der Waals surface area contributed by atoms with E-state index >= 15 is 0 Å². The average molecular weight is 539 g/mol. The van der Waals surface area contributed by atoms with E-state index in [2.05, 4.69) is 34.8 Å². The number of carbonyl (C=O) groups is 2. The van der Waals surface area contributed by atoms with Crippen molar-refractivity contribution in [1.29, 1.82) is 0 Å². The first-order valence-electron chi connectivity index (χ1n) is 11.9. The fourth-order valence-electron chi connectivity index (χ4n) is 4.48. The molecular weight excluding hydrogens is 508 g/mol. The molecule has 6 nitrogen and oxygen atoms in total. The number of alkyl halides is 1. The highest BCUT2D eigenvalue weighted by molar-refractivity contribution is 9.09. The Hall–Kier alpha value is -3.06. The van der Waals surface area contributed by atoms with E-state index < -0.39 is 11.4 Å². The molecule has 0 spiro atoms. The fourth-order valence-corrected chi connectivity index (χ4v) is 4.71. The van der Waals surface area contributed by atoms with E-state index in [0.29, 0.717) is 30.0 Å². The molecule has 0 bridgehead atoms. The molecule has 0 fully saturated rings. The number of carbonyl (C=O) groups excluding carboxylic acids is 2. The predicted octanol–water partition coefficient (Wildman–Crippen LogP) is 6.06. The molecule has 1 N–H and O–H groups in total. The van der Waals surface area contributed by atoms with Gasteiger partial charge in [-0.2, -0.15) is 0 Å². The van der Waals surface area contributed by atoms with Crippen molar-refractivity contribution in [2.75, 3.05) is 18.5 Å². The minimum absolute atomic E-state index is 0.186. The maximum Gasteiger partial charge on any atom is 0.342 e. The number of halogens is 1. The summed E-state index contributed by atoms with van der Waals surface area (Å²) in [4.78, 5) is 31.9. The van der Waals surface area contributed by atoms with Gasteiger partial charge in [0.1, 0.15) is 5.75 Å². The van der Waals surface area contributed by atoms with E-state index in [1.165, 1.54) is 0 Å². The van der Waals surface area contributed by atoms with E-state index in [-0.39, 0.29) is 12.0 Å². The van der Waals surface area contributed by atoms with E-state index in [9.17, 15) is 9.59 Å². The third-order valence-electron chi connectivity index (χ3n) is 5.97. The number of nitrogens with one attached hydrogen (secondary N) is 1. The van der Waals surface area contributed by atoms with Gasteiger partial charge in [-0.1, -0.05) is 48.0 Å². The van der Waals surface area contributed by atoms with Gasteiger partial charge < -0.3 is 19.4 Å². The molecule has 3 aromatic rings. The number of nitrogens with zero attached hydrogens (tertiary/aromatic N) is 1. The van der Waals surface area contributed by atoms with Crippen molar-refractivity contribution in [2.24, 2.45) is 0 Å². The fraction of sp³-hybridized carbons (Fsp3) is 0.357. The van der Waals surface area contributed by atoms with Crippen LogP contribution >= 0.6 is 15.9 Å². The molecular formula is C28H31BrN2O4. The summed E-state index contributed by atoms with van der Waals surface area (Å²) in [5.74, 6) is 0.0742. The number of esters is 1. The van der Waals surface area contributed by atoms with Gasteiger partial charge in [0.25, 0.3) is 5.91 Å². The topological polar surface area (TPSA) is 71.6 Å². The molecule has 0 atom stereocenters. The summed E-state index contributed by atoms with van der Waals surface area (Å²) in [6, 6.07) is 15.1. The van der Waals surface area contributed by atoms with Crippen LogP contribution in [0.4, 0.5) is 0 Å². The molecule has 2 heterocycles. The van der Waals surface area contributed by atoms with Crippen LogP contribution in [0, 0.1) is 0 Å². The highest BCUT2D eigenvalue weighted by atomic mass is 79.9. The molecule has 7 heteroatoms. The molecule has 0 saturated carbocycles. The number of para-hydroxylation sites is 1. The Labute approximate surface area is 214 Å². The molecule has 184 valence electrons. The standard InChI is InChI=1S/C28H31BrN2O4/c1-18(2)35-27(33)22-16-31(26(32)19-10-12-20(13-11-19)34-15-7-14-29)17-28(3,4)24-21-8-5-6-9-23(21)30-25(22)24/h5-6,8-13,16,18,30H,7,14-15,17H2,1-4H3. The number of amides is 1. The maximum absolute atomic E-state index is 13.6. The molecule has 1 amide bonds. The van der Waals surface area contributed by atoms with Gasteiger partial charge in [0.15, 0.2) is 0 Å². The molecule has 0 radical (unpaired) electrons. The highest BCUT2D eigenvalue weighted by Crippen LogP contribution is 2.40. The van der Waals surface area contributed by atoms with Crippen molar-refractivity contribution >= 4 is 44.3 Å². The first kappa shape index (κ1) is 25.0. The lowest BCUT2D eigenvalue weighted by Gasteiger charge is -2.29. The van der Waals surface area contributed by atoms with E-state index in [1.54, 1.807) is 35.4 Å². The normalized spacial score (nSPS) is 14.9. The summed E-state index contributed by atoms with van der Waals surface area (Å²) < 4.78 is 11.3. The minimum Gasteiger partial charge on any atom is -0.494 e. The maximum atomic E-state index is 13.6. The zero-order chi connectivity index (χ0) is 25.2. The molecule has 2 aromatic carbocycles. The van der Waals surface area contributed by atoms with Crippen molar-refractivity contribution in [2.45, 2.75) is 45.6 Å². The van der Waals surface area contributed by atoms with Gasteiger partial charge in [-0.25, -0.2) is 4.79 Å². The number of H-pyrrole nitrogens is 1. The zero-order valence-electron chi connectivity index (χ0n) is 20.6. The molecule has 0 aliphatic carbocycles. The van der Waals surface area contributed by atoms with Gasteiger partial charge in [-0.3, -0.25) is 4.79 Å². The van der Waals surface area contributed by atoms with Crippen LogP contribution in [-0.4, -0.2) is 46.3 Å². The second-order valence-corrected chi connectivity index (χ2v) is 10.4. The van der Waals surface area contributed by atoms with Crippen LogP contribution in [0.25, 0.3) is 16.5 Å². The SMILES string of the molecule is CC(C)OC(=O)C1=CN(C(=O)c2ccc(OCCCBr)cc2)CC(C)(C)c2c1[nH]c1ccccc21. The van der Waals surface area contributed by atoms with Crippen LogP contribution in [0.2, 0.25) is 0 Å². The number of ether oxygens (including phenoxy) is 2. The number of aromatic amines is 1. The lowest BCUT2D eigenvalue weighted by atomic mass is 9.81. The molecule has 0 unspecified atom stereocenters. The van der Waals surface area contributed by atoms with Gasteiger partial charge in [0.2, 0.25) is 0 Å². The Balaban J connectivity index is 1.74. The Kier molecular flexibility index (Phi) is 7.36. The summed E-state index contributed by atoms with van der Waals surface area (Å²) in [7, 11) is 0. The van der Waals surface area contributed by atoms with E-state index in [1.807, 2.05) is 38.1 Å². The smallest absolute Gasteiger partial charge is 0.342 e. The summed E-state index contributed by atoms with van der Waals surface area (Å²) in [6.07, 6.45) is 2.25. The Morgan fingerprint density at radius 3 is 2.51 bits per heavy atom. The van der Waals surface area contributed by atoms with Gasteiger partial charge in [-0.15, -0.1) is 0 Å². The number of fused-ring (bicyclic) bond motifs is 3. The quantitative estimate of drug-likeness (QED) is 0.225. The van der Waals surface area contributed by atoms with Crippen molar-refractivity contribution in [1.82, 2.24) is 9.88 Å². The molecule has 1 aliphatic rings. The number of rotatable bonds is 7. The second kappa shape index (κ2) is 10.3. The molecule has 1 aliphatic heterocycles. The van der Waals surface area contributed by atoms with Crippen LogP contribution in [0.3, 0.4) is 0 Å². The van der Waals surface area contributed by atoms with Crippen LogP contribution in [0.15, 0.2) is 54.7 Å². The third-order valence-corrected chi connectivity index (χ3v) is 6.53. The Morgan fingerprint density at radius 2 is 1.83 bits per heavy atom. The largest absolute Gasteiger partial charge is 0.494 e. The molecule has 1 aromatic heterocycles. The summed E-state index contributed by atoms with van der Waals surface area (Å²) >= 11 is 3.39. The van der Waals surface area contributed by atoms with Crippen LogP contribution < -0.4 is 4.74 Å². The van der Waals surface area contributed by atoms with Gasteiger partial charge in [-0.05, 0) is 56.2 Å². The Morgan fingerprint density at radius 1 is 1.11 bits per heavy atom. The monoisotopic (exact) mass is 538 g/mol. The zero-order valence-corrected chi connectivity index (χ0v) is 22.1. The predicted molar refractivity (Wildman–Crippen MR) is 142 cm³/mol. The van der Waals surface area contributed by atoms with Crippen molar-refractivity contribution in [3.8, 4) is 5.75 Å². The number of hydrogen-bond acceptors (Lipinski definition) is 4. The van der Waals surface area contributed by atoms with Gasteiger partial charge in [0.05, 0.1) is 24.0 Å². The molecule has 35 heavy (non-hydrogen) atoms. The average Bonchev–Trinajstić information content (AvgIpc) is 3.16. The summed E-state index contributed by atoms with van der Waals surface area (Å²) in [5, 5.41) is 1.91. The van der Waals surface area contributed by atoms with E-state index in [4.69, 9.17) is 9.47 Å². The number of aromatic nitrogens is 1. The van der Waals surface area contributed by atoms with Crippen LogP contribution in [0.1, 0.15) is 55.7 Å². The molecule has 0 saturated heterocycles. The lowest BCUT2D eigenvalue weighted by Crippen LogP contribution is -2.36. The van der Waals surface area contributed by atoms with Crippen molar-refractivity contribution < 1.29 is 19.1 Å². The second-order valence-electron chi connectivity index (χ2n) is 9.65. The summed E-state index contributed by atoms with van der Waals surface area (Å²) in [5.41, 5.74) is 3.10. The van der Waals surface area contributed by atoms with Crippen molar-refractivity contribution in [3.05, 3.63) is 71.6 Å². The Bertz CT molecular complexity index is 1260.